The SMILES string of the molecule is CC(C)C1NC(=O)N(CCCOc2ccc3c(c2)OCO3)C1=O. The van der Waals surface area contributed by atoms with Gasteiger partial charge in [0.25, 0.3) is 5.91 Å². The van der Waals surface area contributed by atoms with Crippen LogP contribution >= 0.6 is 0 Å². The van der Waals surface area contributed by atoms with Gasteiger partial charge in [0.15, 0.2) is 11.5 Å². The first-order valence-corrected chi connectivity index (χ1v) is 7.70. The van der Waals surface area contributed by atoms with Gasteiger partial charge in [-0.2, -0.15) is 0 Å². The van der Waals surface area contributed by atoms with E-state index in [0.29, 0.717) is 36.8 Å². The van der Waals surface area contributed by atoms with Gasteiger partial charge in [-0.3, -0.25) is 9.69 Å². The molecule has 1 atom stereocenters. The van der Waals surface area contributed by atoms with Crippen LogP contribution in [0.4, 0.5) is 4.79 Å². The minimum absolute atomic E-state index is 0.0846. The van der Waals surface area contributed by atoms with Gasteiger partial charge in [0, 0.05) is 12.6 Å². The van der Waals surface area contributed by atoms with Gasteiger partial charge in [-0.05, 0) is 24.5 Å². The quantitative estimate of drug-likeness (QED) is 0.638. The summed E-state index contributed by atoms with van der Waals surface area (Å²) in [6.45, 7) is 4.80. The number of carbonyl (C=O) groups is 2. The van der Waals surface area contributed by atoms with Crippen molar-refractivity contribution < 1.29 is 23.8 Å². The van der Waals surface area contributed by atoms with Crippen LogP contribution in [0.2, 0.25) is 0 Å². The minimum Gasteiger partial charge on any atom is -0.493 e. The molecular weight excluding hydrogens is 300 g/mol. The summed E-state index contributed by atoms with van der Waals surface area (Å²) in [6.07, 6.45) is 0.568. The zero-order chi connectivity index (χ0) is 16.4. The molecule has 1 unspecified atom stereocenters. The molecule has 124 valence electrons. The highest BCUT2D eigenvalue weighted by Crippen LogP contribution is 2.35. The highest BCUT2D eigenvalue weighted by Gasteiger charge is 2.38. The predicted molar refractivity (Wildman–Crippen MR) is 81.5 cm³/mol. The van der Waals surface area contributed by atoms with Crippen LogP contribution in [0, 0.1) is 5.92 Å². The lowest BCUT2D eigenvalue weighted by Crippen LogP contribution is -2.35. The fraction of sp³-hybridized carbons (Fsp3) is 0.500. The molecule has 1 aromatic rings. The maximum Gasteiger partial charge on any atom is 0.324 e. The third-order valence-electron chi connectivity index (χ3n) is 3.86. The van der Waals surface area contributed by atoms with Crippen molar-refractivity contribution >= 4 is 11.9 Å². The van der Waals surface area contributed by atoms with E-state index in [-0.39, 0.29) is 24.6 Å². The fourth-order valence-electron chi connectivity index (χ4n) is 2.58. The fourth-order valence-corrected chi connectivity index (χ4v) is 2.58. The Labute approximate surface area is 134 Å². The third-order valence-corrected chi connectivity index (χ3v) is 3.86. The Bertz CT molecular complexity index is 616. The molecule has 1 N–H and O–H groups in total. The molecule has 7 nitrogen and oxygen atoms in total. The highest BCUT2D eigenvalue weighted by atomic mass is 16.7. The first-order valence-electron chi connectivity index (χ1n) is 7.70. The monoisotopic (exact) mass is 320 g/mol. The lowest BCUT2D eigenvalue weighted by molar-refractivity contribution is -0.128. The van der Waals surface area contributed by atoms with Crippen molar-refractivity contribution in [2.75, 3.05) is 19.9 Å². The maximum absolute atomic E-state index is 12.1. The second-order valence-electron chi connectivity index (χ2n) is 5.88. The van der Waals surface area contributed by atoms with Gasteiger partial charge in [0.05, 0.1) is 6.61 Å². The van der Waals surface area contributed by atoms with Crippen molar-refractivity contribution in [2.24, 2.45) is 5.92 Å². The van der Waals surface area contributed by atoms with E-state index in [1.165, 1.54) is 4.90 Å². The molecule has 3 rings (SSSR count). The Balaban J connectivity index is 1.47. The molecule has 3 amide bonds. The third kappa shape index (κ3) is 3.18. The minimum atomic E-state index is -0.419. The van der Waals surface area contributed by atoms with Gasteiger partial charge < -0.3 is 19.5 Å². The Kier molecular flexibility index (Phi) is 4.27. The number of carbonyl (C=O) groups excluding carboxylic acids is 2. The molecule has 1 fully saturated rings. The van der Waals surface area contributed by atoms with Gasteiger partial charge >= 0.3 is 6.03 Å². The first-order chi connectivity index (χ1) is 11.1. The van der Waals surface area contributed by atoms with Crippen molar-refractivity contribution in [3.8, 4) is 17.2 Å². The molecular formula is C16H20N2O5. The molecule has 0 bridgehead atoms. The van der Waals surface area contributed by atoms with E-state index >= 15 is 0 Å². The zero-order valence-corrected chi connectivity index (χ0v) is 13.2. The molecule has 23 heavy (non-hydrogen) atoms. The van der Waals surface area contributed by atoms with Crippen molar-refractivity contribution in [1.82, 2.24) is 10.2 Å². The predicted octanol–water partition coefficient (Wildman–Crippen LogP) is 1.76. The number of hydrogen-bond acceptors (Lipinski definition) is 5. The largest absolute Gasteiger partial charge is 0.493 e. The molecule has 0 spiro atoms. The first kappa shape index (κ1) is 15.5. The van der Waals surface area contributed by atoms with Crippen LogP contribution in [0.25, 0.3) is 0 Å². The summed E-state index contributed by atoms with van der Waals surface area (Å²) >= 11 is 0. The molecule has 0 aliphatic carbocycles. The lowest BCUT2D eigenvalue weighted by atomic mass is 10.1. The molecule has 1 saturated heterocycles. The van der Waals surface area contributed by atoms with Crippen molar-refractivity contribution in [3.63, 3.8) is 0 Å². The van der Waals surface area contributed by atoms with E-state index in [4.69, 9.17) is 14.2 Å². The summed E-state index contributed by atoms with van der Waals surface area (Å²) in [4.78, 5) is 25.2. The number of amides is 3. The van der Waals surface area contributed by atoms with Crippen molar-refractivity contribution in [1.29, 1.82) is 0 Å². The van der Waals surface area contributed by atoms with Gasteiger partial charge in [0.1, 0.15) is 11.8 Å². The van der Waals surface area contributed by atoms with Crippen LogP contribution < -0.4 is 19.5 Å². The van der Waals surface area contributed by atoms with Gasteiger partial charge in [-0.25, -0.2) is 4.79 Å². The Morgan fingerprint density at radius 3 is 2.83 bits per heavy atom. The Morgan fingerprint density at radius 2 is 2.09 bits per heavy atom. The average molecular weight is 320 g/mol. The van der Waals surface area contributed by atoms with E-state index in [1.807, 2.05) is 13.8 Å². The van der Waals surface area contributed by atoms with Crippen LogP contribution in [0.5, 0.6) is 17.2 Å². The number of nitrogens with one attached hydrogen (secondary N) is 1. The molecule has 0 aromatic heterocycles. The van der Waals surface area contributed by atoms with Gasteiger partial charge in [-0.15, -0.1) is 0 Å². The number of urea groups is 1. The number of benzene rings is 1. The highest BCUT2D eigenvalue weighted by molar-refractivity contribution is 6.04. The average Bonchev–Trinajstić information content (AvgIpc) is 3.09. The number of nitrogens with zero attached hydrogens (tertiary/aromatic N) is 1. The van der Waals surface area contributed by atoms with Crippen LogP contribution in [0.15, 0.2) is 18.2 Å². The summed E-state index contributed by atoms with van der Waals surface area (Å²) in [6, 6.07) is 4.62. The molecule has 0 radical (unpaired) electrons. The van der Waals surface area contributed by atoms with Gasteiger partial charge in [0.2, 0.25) is 6.79 Å². The van der Waals surface area contributed by atoms with Crippen LogP contribution in [0.3, 0.4) is 0 Å². The summed E-state index contributed by atoms with van der Waals surface area (Å²) in [5, 5.41) is 2.71. The van der Waals surface area contributed by atoms with Crippen molar-refractivity contribution in [2.45, 2.75) is 26.3 Å². The smallest absolute Gasteiger partial charge is 0.324 e. The summed E-state index contributed by atoms with van der Waals surface area (Å²) in [5.41, 5.74) is 0. The van der Waals surface area contributed by atoms with Crippen LogP contribution in [-0.2, 0) is 4.79 Å². The zero-order valence-electron chi connectivity index (χ0n) is 13.2. The maximum atomic E-state index is 12.1. The molecule has 1 aromatic carbocycles. The molecule has 2 aliphatic heterocycles. The summed E-state index contributed by atoms with van der Waals surface area (Å²) in [7, 11) is 0. The molecule has 7 heteroatoms. The van der Waals surface area contributed by atoms with Crippen LogP contribution in [0.1, 0.15) is 20.3 Å². The van der Waals surface area contributed by atoms with E-state index < -0.39 is 6.04 Å². The van der Waals surface area contributed by atoms with E-state index in [1.54, 1.807) is 18.2 Å². The molecule has 2 heterocycles. The normalized spacial score (nSPS) is 19.4. The lowest BCUT2D eigenvalue weighted by Gasteiger charge is -2.14. The Morgan fingerprint density at radius 1 is 1.30 bits per heavy atom. The summed E-state index contributed by atoms with van der Waals surface area (Å²) < 4.78 is 16.1. The van der Waals surface area contributed by atoms with E-state index in [9.17, 15) is 9.59 Å². The number of hydrogen-bond donors (Lipinski definition) is 1. The van der Waals surface area contributed by atoms with Crippen LogP contribution in [-0.4, -0.2) is 42.8 Å². The standard InChI is InChI=1S/C16H20N2O5/c1-10(2)14-15(19)18(16(20)17-14)6-3-7-21-11-4-5-12-13(8-11)23-9-22-12/h4-5,8,10,14H,3,6-7,9H2,1-2H3,(H,17,20). The molecule has 0 saturated carbocycles. The van der Waals surface area contributed by atoms with Gasteiger partial charge in [-0.1, -0.05) is 13.8 Å². The van der Waals surface area contributed by atoms with Crippen molar-refractivity contribution in [3.05, 3.63) is 18.2 Å². The number of fused-ring (bicyclic) bond motifs is 1. The number of imide groups is 1. The number of rotatable bonds is 6. The molecule has 2 aliphatic rings. The Hall–Kier alpha value is -2.44. The number of ether oxygens (including phenoxy) is 3. The van der Waals surface area contributed by atoms with E-state index in [0.717, 1.165) is 0 Å². The van der Waals surface area contributed by atoms with E-state index in [2.05, 4.69) is 5.32 Å². The second kappa shape index (κ2) is 6.36. The second-order valence-corrected chi connectivity index (χ2v) is 5.88. The topological polar surface area (TPSA) is 77.1 Å². The summed E-state index contributed by atoms with van der Waals surface area (Å²) in [5.74, 6) is 1.97.